The molecule has 1 aliphatic rings. The molecule has 33 heavy (non-hydrogen) atoms. The molecule has 1 saturated heterocycles. The molecule has 1 amide bonds. The predicted molar refractivity (Wildman–Crippen MR) is 123 cm³/mol. The molecule has 0 unspecified atom stereocenters. The van der Waals surface area contributed by atoms with Gasteiger partial charge in [0.05, 0.1) is 0 Å². The van der Waals surface area contributed by atoms with Gasteiger partial charge >= 0.3 is 5.97 Å². The molecule has 0 aliphatic carbocycles. The first-order valence-corrected chi connectivity index (χ1v) is 12.3. The third-order valence-corrected chi connectivity index (χ3v) is 7.37. The van der Waals surface area contributed by atoms with Crippen LogP contribution >= 0.6 is 0 Å². The van der Waals surface area contributed by atoms with Crippen LogP contribution in [0.3, 0.4) is 0 Å². The van der Waals surface area contributed by atoms with Gasteiger partial charge in [-0.2, -0.15) is 4.31 Å². The van der Waals surface area contributed by atoms with E-state index in [9.17, 15) is 22.8 Å². The molecular weight excluding hydrogens is 446 g/mol. The smallest absolute Gasteiger partial charge is 0.355 e. The summed E-state index contributed by atoms with van der Waals surface area (Å²) in [6.45, 7) is 5.94. The highest BCUT2D eigenvalue weighted by molar-refractivity contribution is 7.89. The Morgan fingerprint density at radius 1 is 1.03 bits per heavy atom. The number of rotatable bonds is 8. The van der Waals surface area contributed by atoms with E-state index < -0.39 is 27.9 Å². The van der Waals surface area contributed by atoms with Crippen molar-refractivity contribution in [1.82, 2.24) is 8.87 Å². The zero-order valence-corrected chi connectivity index (χ0v) is 20.0. The largest absolute Gasteiger partial charge is 0.450 e. The molecule has 1 aromatic heterocycles. The lowest BCUT2D eigenvalue weighted by Crippen LogP contribution is -2.27. The quantitative estimate of drug-likeness (QED) is 0.464. The molecule has 0 spiro atoms. The molecule has 2 aromatic rings. The fourth-order valence-electron chi connectivity index (χ4n) is 3.47. The highest BCUT2D eigenvalue weighted by Gasteiger charge is 2.30. The Balaban J connectivity index is 1.67. The van der Waals surface area contributed by atoms with Crippen LogP contribution in [0.1, 0.15) is 54.5 Å². The van der Waals surface area contributed by atoms with E-state index >= 15 is 0 Å². The van der Waals surface area contributed by atoms with E-state index in [0.29, 0.717) is 24.3 Å². The molecule has 1 fully saturated rings. The van der Waals surface area contributed by atoms with Gasteiger partial charge in [-0.05, 0) is 50.1 Å². The summed E-state index contributed by atoms with van der Waals surface area (Å²) in [5.74, 6) is -1.51. The number of carbonyl (C=O) groups is 3. The Morgan fingerprint density at radius 3 is 2.21 bits per heavy atom. The van der Waals surface area contributed by atoms with Gasteiger partial charge in [0.1, 0.15) is 10.6 Å². The molecule has 1 aromatic carbocycles. The number of carbonyl (C=O) groups excluding carboxylic acids is 3. The topological polar surface area (TPSA) is 115 Å². The summed E-state index contributed by atoms with van der Waals surface area (Å²) in [6.07, 6.45) is 1.92. The molecule has 0 bridgehead atoms. The fourth-order valence-corrected chi connectivity index (χ4v) is 5.06. The first-order chi connectivity index (χ1) is 15.5. The Morgan fingerprint density at radius 2 is 1.64 bits per heavy atom. The molecule has 10 heteroatoms. The van der Waals surface area contributed by atoms with Crippen molar-refractivity contribution in [2.45, 2.75) is 44.6 Å². The number of benzene rings is 1. The molecule has 1 N–H and O–H groups in total. The Labute approximate surface area is 193 Å². The molecule has 9 nitrogen and oxygen atoms in total. The van der Waals surface area contributed by atoms with Crippen LogP contribution < -0.4 is 5.32 Å². The first-order valence-electron chi connectivity index (χ1n) is 10.8. The molecule has 1 atom stereocenters. The summed E-state index contributed by atoms with van der Waals surface area (Å²) in [6, 6.07) is 7.58. The van der Waals surface area contributed by atoms with Gasteiger partial charge in [0, 0.05) is 43.5 Å². The van der Waals surface area contributed by atoms with E-state index in [2.05, 4.69) is 5.32 Å². The van der Waals surface area contributed by atoms with Crippen molar-refractivity contribution in [2.24, 2.45) is 13.0 Å². The van der Waals surface area contributed by atoms with E-state index in [4.69, 9.17) is 4.74 Å². The number of ketones is 1. The van der Waals surface area contributed by atoms with Crippen molar-refractivity contribution in [3.63, 3.8) is 0 Å². The Kier molecular flexibility index (Phi) is 7.38. The summed E-state index contributed by atoms with van der Waals surface area (Å²) in [7, 11) is -2.12. The highest BCUT2D eigenvalue weighted by atomic mass is 32.2. The first kappa shape index (κ1) is 24.7. The second-order valence-electron chi connectivity index (χ2n) is 8.42. The minimum atomic E-state index is -3.67. The number of aromatic nitrogens is 1. The van der Waals surface area contributed by atoms with Gasteiger partial charge in [0.2, 0.25) is 21.7 Å². The van der Waals surface area contributed by atoms with Gasteiger partial charge in [-0.25, -0.2) is 13.2 Å². The summed E-state index contributed by atoms with van der Waals surface area (Å²) < 4.78 is 33.6. The van der Waals surface area contributed by atoms with Crippen molar-refractivity contribution in [2.75, 3.05) is 18.4 Å². The second-order valence-corrected chi connectivity index (χ2v) is 10.4. The lowest BCUT2D eigenvalue weighted by molar-refractivity contribution is -0.118. The zero-order valence-electron chi connectivity index (χ0n) is 19.2. The maximum absolute atomic E-state index is 12.7. The van der Waals surface area contributed by atoms with E-state index in [-0.39, 0.29) is 22.4 Å². The highest BCUT2D eigenvalue weighted by Crippen LogP contribution is 2.23. The lowest BCUT2D eigenvalue weighted by atomic mass is 10.1. The minimum Gasteiger partial charge on any atom is -0.450 e. The number of nitrogens with zero attached hydrogens (tertiary/aromatic N) is 2. The van der Waals surface area contributed by atoms with E-state index in [1.54, 1.807) is 45.2 Å². The number of ether oxygens (including phenoxy) is 1. The Hall–Kier alpha value is -2.98. The maximum Gasteiger partial charge on any atom is 0.355 e. The van der Waals surface area contributed by atoms with Crippen LogP contribution in [0, 0.1) is 5.92 Å². The maximum atomic E-state index is 12.7. The average molecular weight is 476 g/mol. The van der Waals surface area contributed by atoms with Crippen LogP contribution in [-0.2, 0) is 26.6 Å². The van der Waals surface area contributed by atoms with Gasteiger partial charge in [-0.3, -0.25) is 9.59 Å². The van der Waals surface area contributed by atoms with Gasteiger partial charge in [0.15, 0.2) is 6.10 Å². The third-order valence-electron chi connectivity index (χ3n) is 5.51. The molecule has 0 radical (unpaired) electrons. The molecule has 1 aliphatic heterocycles. The standard InChI is InChI=1S/C23H29N3O6S/c1-15(2)22(28)24-18-9-7-17(8-10-18)21(27)16(3)32-23(29)20-13-19(14-25(20)4)33(30,31)26-11-5-6-12-26/h7-10,13-16H,5-6,11-12H2,1-4H3,(H,24,28)/t16-/m1/s1. The van der Waals surface area contributed by atoms with E-state index in [0.717, 1.165) is 12.8 Å². The number of aryl methyl sites for hydroxylation is 1. The number of anilines is 1. The monoisotopic (exact) mass is 475 g/mol. The number of esters is 1. The van der Waals surface area contributed by atoms with Gasteiger partial charge < -0.3 is 14.6 Å². The number of Topliss-reactive ketones (excluding diaryl/α,β-unsaturated/α-hetero) is 1. The van der Waals surface area contributed by atoms with Gasteiger partial charge in [0.25, 0.3) is 0 Å². The normalized spacial score (nSPS) is 15.4. The van der Waals surface area contributed by atoms with Crippen LogP contribution in [0.25, 0.3) is 0 Å². The summed E-state index contributed by atoms with van der Waals surface area (Å²) in [5, 5.41) is 2.74. The number of hydrogen-bond donors (Lipinski definition) is 1. The number of nitrogens with one attached hydrogen (secondary N) is 1. The van der Waals surface area contributed by atoms with Crippen molar-refractivity contribution < 1.29 is 27.5 Å². The van der Waals surface area contributed by atoms with Crippen LogP contribution in [-0.4, -0.2) is 54.1 Å². The summed E-state index contributed by atoms with van der Waals surface area (Å²) >= 11 is 0. The van der Waals surface area contributed by atoms with Crippen molar-refractivity contribution in [1.29, 1.82) is 0 Å². The van der Waals surface area contributed by atoms with Crippen LogP contribution in [0.15, 0.2) is 41.4 Å². The zero-order chi connectivity index (χ0) is 24.3. The summed E-state index contributed by atoms with van der Waals surface area (Å²) in [5.41, 5.74) is 0.923. The van der Waals surface area contributed by atoms with Crippen LogP contribution in [0.5, 0.6) is 0 Å². The van der Waals surface area contributed by atoms with Crippen molar-refractivity contribution in [3.05, 3.63) is 47.8 Å². The van der Waals surface area contributed by atoms with E-state index in [1.165, 1.54) is 28.1 Å². The lowest BCUT2D eigenvalue weighted by Gasteiger charge is -2.14. The fraction of sp³-hybridized carbons (Fsp3) is 0.435. The molecular formula is C23H29N3O6S. The SMILES string of the molecule is CC(C)C(=O)Nc1ccc(C(=O)[C@@H](C)OC(=O)c2cc(S(=O)(=O)N3CCCC3)cn2C)cc1. The average Bonchev–Trinajstić information content (AvgIpc) is 3.44. The molecule has 0 saturated carbocycles. The van der Waals surface area contributed by atoms with Gasteiger partial charge in [-0.1, -0.05) is 13.8 Å². The predicted octanol–water partition coefficient (Wildman–Crippen LogP) is 2.83. The second kappa shape index (κ2) is 9.88. The summed E-state index contributed by atoms with van der Waals surface area (Å²) in [4.78, 5) is 37.2. The van der Waals surface area contributed by atoms with Crippen molar-refractivity contribution in [3.8, 4) is 0 Å². The Bertz CT molecular complexity index is 1150. The van der Waals surface area contributed by atoms with E-state index in [1.807, 2.05) is 0 Å². The van der Waals surface area contributed by atoms with Gasteiger partial charge in [-0.15, -0.1) is 0 Å². The molecule has 3 rings (SSSR count). The number of amides is 1. The molecule has 178 valence electrons. The van der Waals surface area contributed by atoms with Crippen LogP contribution in [0.4, 0.5) is 5.69 Å². The van der Waals surface area contributed by atoms with Crippen molar-refractivity contribution >= 4 is 33.4 Å². The minimum absolute atomic E-state index is 0.0249. The van der Waals surface area contributed by atoms with Crippen LogP contribution in [0.2, 0.25) is 0 Å². The molecule has 2 heterocycles. The number of hydrogen-bond acceptors (Lipinski definition) is 6. The third kappa shape index (κ3) is 5.51. The number of sulfonamides is 1.